The van der Waals surface area contributed by atoms with Crippen molar-refractivity contribution in [2.24, 2.45) is 5.73 Å². The van der Waals surface area contributed by atoms with Crippen molar-refractivity contribution in [3.8, 4) is 11.4 Å². The molecule has 0 saturated carbocycles. The zero-order valence-corrected chi connectivity index (χ0v) is 21.6. The van der Waals surface area contributed by atoms with Crippen LogP contribution in [0.5, 0.6) is 0 Å². The van der Waals surface area contributed by atoms with Crippen LogP contribution >= 0.6 is 12.4 Å². The first-order valence-corrected chi connectivity index (χ1v) is 12.6. The van der Waals surface area contributed by atoms with E-state index in [-0.39, 0.29) is 24.9 Å². The minimum absolute atomic E-state index is 0. The van der Waals surface area contributed by atoms with Crippen LogP contribution in [0, 0.1) is 0 Å². The Balaban J connectivity index is 0.00000432. The fourth-order valence-corrected chi connectivity index (χ4v) is 3.98. The maximum atomic E-state index is 12.3. The predicted molar refractivity (Wildman–Crippen MR) is 143 cm³/mol. The van der Waals surface area contributed by atoms with E-state index in [1.54, 1.807) is 0 Å². The molecule has 1 unspecified atom stereocenters. The van der Waals surface area contributed by atoms with Crippen LogP contribution < -0.4 is 11.1 Å². The number of unbranched alkanes of at least 4 members (excludes halogenated alkanes) is 7. The van der Waals surface area contributed by atoms with Gasteiger partial charge in [0.25, 0.3) is 0 Å². The summed E-state index contributed by atoms with van der Waals surface area (Å²) in [6, 6.07) is 17.4. The Morgan fingerprint density at radius 2 is 1.57 bits per heavy atom. The Labute approximate surface area is 215 Å². The van der Waals surface area contributed by atoms with Gasteiger partial charge in [0.2, 0.25) is 17.6 Å². The molecule has 1 heterocycles. The number of hydrogen-bond acceptors (Lipinski definition) is 5. The Bertz CT molecular complexity index is 976. The van der Waals surface area contributed by atoms with Crippen molar-refractivity contribution in [1.29, 1.82) is 0 Å². The van der Waals surface area contributed by atoms with E-state index in [0.717, 1.165) is 17.5 Å². The van der Waals surface area contributed by atoms with Crippen LogP contribution in [-0.2, 0) is 24.2 Å². The molecular formula is C28H39ClN4O2. The number of aromatic nitrogens is 2. The molecule has 0 aliphatic rings. The van der Waals surface area contributed by atoms with E-state index < -0.39 is 6.04 Å². The molecule has 1 amide bonds. The summed E-state index contributed by atoms with van der Waals surface area (Å²) in [7, 11) is 0. The third-order valence-corrected chi connectivity index (χ3v) is 6.05. The van der Waals surface area contributed by atoms with E-state index in [4.69, 9.17) is 10.3 Å². The van der Waals surface area contributed by atoms with Crippen molar-refractivity contribution in [1.82, 2.24) is 15.5 Å². The number of nitrogens with two attached hydrogens (primary N) is 1. The lowest BCUT2D eigenvalue weighted by molar-refractivity contribution is -0.122. The molecule has 0 radical (unpaired) electrons. The van der Waals surface area contributed by atoms with Gasteiger partial charge in [-0.1, -0.05) is 112 Å². The van der Waals surface area contributed by atoms with Gasteiger partial charge < -0.3 is 15.6 Å². The van der Waals surface area contributed by atoms with Gasteiger partial charge in [-0.2, -0.15) is 4.98 Å². The van der Waals surface area contributed by atoms with Crippen LogP contribution in [-0.4, -0.2) is 22.1 Å². The van der Waals surface area contributed by atoms with E-state index in [2.05, 4.69) is 34.5 Å². The van der Waals surface area contributed by atoms with E-state index in [1.165, 1.54) is 56.9 Å². The average Bonchev–Trinajstić information content (AvgIpc) is 3.34. The van der Waals surface area contributed by atoms with E-state index in [1.807, 2.05) is 42.5 Å². The Hall–Kier alpha value is -2.70. The van der Waals surface area contributed by atoms with Crippen molar-refractivity contribution >= 4 is 18.3 Å². The number of halogens is 1. The molecule has 0 fully saturated rings. The SMILES string of the molecule is CCCCCCCCCCc1ccc(-c2noc(CNC(=O)C(N)Cc3ccccc3)n2)cc1.Cl. The number of carbonyl (C=O) groups excluding carboxylic acids is 1. The highest BCUT2D eigenvalue weighted by atomic mass is 35.5. The molecule has 1 aromatic heterocycles. The fourth-order valence-electron chi connectivity index (χ4n) is 3.98. The minimum Gasteiger partial charge on any atom is -0.346 e. The maximum absolute atomic E-state index is 12.3. The number of carbonyl (C=O) groups is 1. The molecule has 3 N–H and O–H groups in total. The number of nitrogens with one attached hydrogen (secondary N) is 1. The third-order valence-electron chi connectivity index (χ3n) is 6.05. The van der Waals surface area contributed by atoms with Crippen LogP contribution in [0.3, 0.4) is 0 Å². The number of rotatable bonds is 15. The van der Waals surface area contributed by atoms with E-state index >= 15 is 0 Å². The molecule has 0 spiro atoms. The molecule has 35 heavy (non-hydrogen) atoms. The van der Waals surface area contributed by atoms with Crippen LogP contribution in [0.25, 0.3) is 11.4 Å². The average molecular weight is 499 g/mol. The highest BCUT2D eigenvalue weighted by Crippen LogP contribution is 2.18. The smallest absolute Gasteiger partial charge is 0.246 e. The monoisotopic (exact) mass is 498 g/mol. The molecule has 7 heteroatoms. The highest BCUT2D eigenvalue weighted by molar-refractivity contribution is 5.85. The lowest BCUT2D eigenvalue weighted by atomic mass is 10.0. The molecule has 1 atom stereocenters. The summed E-state index contributed by atoms with van der Waals surface area (Å²) >= 11 is 0. The Morgan fingerprint density at radius 3 is 2.26 bits per heavy atom. The first-order chi connectivity index (χ1) is 16.7. The molecule has 0 aliphatic carbocycles. The lowest BCUT2D eigenvalue weighted by Gasteiger charge is -2.11. The van der Waals surface area contributed by atoms with Gasteiger partial charge >= 0.3 is 0 Å². The first-order valence-electron chi connectivity index (χ1n) is 12.6. The largest absolute Gasteiger partial charge is 0.346 e. The Kier molecular flexibility index (Phi) is 13.1. The predicted octanol–water partition coefficient (Wildman–Crippen LogP) is 6.03. The van der Waals surface area contributed by atoms with E-state index in [9.17, 15) is 4.79 Å². The van der Waals surface area contributed by atoms with Gasteiger partial charge in [0.15, 0.2) is 0 Å². The van der Waals surface area contributed by atoms with Crippen LogP contribution in [0.15, 0.2) is 59.1 Å². The first kappa shape index (κ1) is 28.5. The van der Waals surface area contributed by atoms with Crippen molar-refractivity contribution in [3.63, 3.8) is 0 Å². The fraction of sp³-hybridized carbons (Fsp3) is 0.464. The van der Waals surface area contributed by atoms with Gasteiger partial charge in [-0.3, -0.25) is 4.79 Å². The standard InChI is InChI=1S/C28H38N4O2.ClH/c1-2-3-4-5-6-7-8-10-13-22-16-18-24(19-17-22)27-31-26(34-32-27)21-30-28(33)25(29)20-23-14-11-9-12-15-23;/h9,11-12,14-19,25H,2-8,10,13,20-21,29H2,1H3,(H,30,33);1H. The Morgan fingerprint density at radius 1 is 0.914 bits per heavy atom. The zero-order chi connectivity index (χ0) is 24.0. The maximum Gasteiger partial charge on any atom is 0.246 e. The molecule has 0 saturated heterocycles. The number of nitrogens with zero attached hydrogens (tertiary/aromatic N) is 2. The summed E-state index contributed by atoms with van der Waals surface area (Å²) in [6.45, 7) is 2.42. The van der Waals surface area contributed by atoms with Gasteiger partial charge in [-0.15, -0.1) is 12.4 Å². The van der Waals surface area contributed by atoms with Crippen LogP contribution in [0.2, 0.25) is 0 Å². The number of amides is 1. The van der Waals surface area contributed by atoms with Gasteiger partial charge in [-0.25, -0.2) is 0 Å². The molecule has 6 nitrogen and oxygen atoms in total. The quantitative estimate of drug-likeness (QED) is 0.249. The molecule has 0 bridgehead atoms. The molecule has 190 valence electrons. The van der Waals surface area contributed by atoms with Crippen molar-refractivity contribution in [2.45, 2.75) is 83.7 Å². The van der Waals surface area contributed by atoms with Gasteiger partial charge in [0.1, 0.15) is 0 Å². The summed E-state index contributed by atoms with van der Waals surface area (Å²) in [5, 5.41) is 6.84. The van der Waals surface area contributed by atoms with Crippen LogP contribution in [0.4, 0.5) is 0 Å². The number of hydrogen-bond donors (Lipinski definition) is 2. The second kappa shape index (κ2) is 16.1. The normalized spacial score (nSPS) is 11.6. The van der Waals surface area contributed by atoms with Gasteiger partial charge in [-0.05, 0) is 30.4 Å². The topological polar surface area (TPSA) is 94.0 Å². The molecule has 3 aromatic rings. The second-order valence-corrected chi connectivity index (χ2v) is 8.95. The molecule has 2 aromatic carbocycles. The van der Waals surface area contributed by atoms with Gasteiger partial charge in [0.05, 0.1) is 12.6 Å². The van der Waals surface area contributed by atoms with Crippen LogP contribution in [0.1, 0.15) is 75.3 Å². The zero-order valence-electron chi connectivity index (χ0n) is 20.7. The van der Waals surface area contributed by atoms with Gasteiger partial charge in [0, 0.05) is 5.56 Å². The number of aryl methyl sites for hydroxylation is 1. The van der Waals surface area contributed by atoms with Crippen molar-refractivity contribution in [2.75, 3.05) is 0 Å². The summed E-state index contributed by atoms with van der Waals surface area (Å²) in [4.78, 5) is 16.7. The third kappa shape index (κ3) is 10.2. The molecule has 3 rings (SSSR count). The van der Waals surface area contributed by atoms with E-state index in [0.29, 0.717) is 18.1 Å². The summed E-state index contributed by atoms with van der Waals surface area (Å²) in [5.74, 6) is 0.642. The summed E-state index contributed by atoms with van der Waals surface area (Å²) in [6.07, 6.45) is 12.2. The van der Waals surface area contributed by atoms with Crippen molar-refractivity contribution in [3.05, 3.63) is 71.6 Å². The van der Waals surface area contributed by atoms with Crippen molar-refractivity contribution < 1.29 is 9.32 Å². The molecule has 0 aliphatic heterocycles. The lowest BCUT2D eigenvalue weighted by Crippen LogP contribution is -2.41. The summed E-state index contributed by atoms with van der Waals surface area (Å²) < 4.78 is 5.31. The number of benzene rings is 2. The second-order valence-electron chi connectivity index (χ2n) is 8.95. The minimum atomic E-state index is -0.626. The molecular weight excluding hydrogens is 460 g/mol. The summed E-state index contributed by atoms with van der Waals surface area (Å²) in [5.41, 5.74) is 9.28. The highest BCUT2D eigenvalue weighted by Gasteiger charge is 2.15.